The van der Waals surface area contributed by atoms with Crippen LogP contribution in [-0.2, 0) is 16.1 Å². The minimum atomic E-state index is -0.294. The van der Waals surface area contributed by atoms with Crippen LogP contribution in [0.15, 0.2) is 30.3 Å². The van der Waals surface area contributed by atoms with Crippen LogP contribution in [0.2, 0.25) is 0 Å². The Bertz CT molecular complexity index is 519. The smallest absolute Gasteiger partial charge is 0.313 e. The molecule has 0 saturated carbocycles. The van der Waals surface area contributed by atoms with Gasteiger partial charge >= 0.3 is 5.97 Å². The van der Waals surface area contributed by atoms with Crippen molar-refractivity contribution < 1.29 is 9.53 Å². The summed E-state index contributed by atoms with van der Waals surface area (Å²) in [6, 6.07) is 10.5. The van der Waals surface area contributed by atoms with Crippen LogP contribution in [0.4, 0.5) is 0 Å². The highest BCUT2D eigenvalue weighted by atomic mass is 16.5. The Balaban J connectivity index is 1.76. The fourth-order valence-corrected chi connectivity index (χ4v) is 4.02. The second-order valence-electron chi connectivity index (χ2n) is 6.74. The lowest BCUT2D eigenvalue weighted by atomic mass is 9.72. The lowest BCUT2D eigenvalue weighted by Gasteiger charge is -2.40. The predicted octanol–water partition coefficient (Wildman–Crippen LogP) is 2.00. The second kappa shape index (κ2) is 6.39. The highest BCUT2D eigenvalue weighted by Gasteiger charge is 2.54. The summed E-state index contributed by atoms with van der Waals surface area (Å²) in [5.74, 6) is 0.401. The third-order valence-corrected chi connectivity index (χ3v) is 5.17. The molecule has 2 heterocycles. The lowest BCUT2D eigenvalue weighted by Crippen LogP contribution is -2.50. The molecule has 2 aliphatic rings. The van der Waals surface area contributed by atoms with Crippen molar-refractivity contribution in [2.75, 3.05) is 39.8 Å². The number of fused-ring (bicyclic) bond motifs is 1. The van der Waals surface area contributed by atoms with Gasteiger partial charge in [-0.05, 0) is 32.5 Å². The fraction of sp³-hybridized carbons (Fsp3) is 0.611. The molecule has 0 N–H and O–H groups in total. The zero-order valence-corrected chi connectivity index (χ0v) is 13.6. The Hall–Kier alpha value is -1.39. The summed E-state index contributed by atoms with van der Waals surface area (Å²) in [6.45, 7) is 7.08. The normalized spacial score (nSPS) is 29.3. The molecule has 0 bridgehead atoms. The third kappa shape index (κ3) is 2.90. The number of piperidine rings is 1. The van der Waals surface area contributed by atoms with E-state index in [9.17, 15) is 4.79 Å². The van der Waals surface area contributed by atoms with Gasteiger partial charge in [0.1, 0.15) is 0 Å². The van der Waals surface area contributed by atoms with Gasteiger partial charge in [-0.15, -0.1) is 0 Å². The molecule has 4 nitrogen and oxygen atoms in total. The van der Waals surface area contributed by atoms with Gasteiger partial charge in [0.05, 0.1) is 12.0 Å². The van der Waals surface area contributed by atoms with Crippen molar-refractivity contribution in [1.82, 2.24) is 9.80 Å². The number of likely N-dealkylation sites (tertiary alicyclic amines) is 2. The molecule has 22 heavy (non-hydrogen) atoms. The van der Waals surface area contributed by atoms with E-state index in [0.717, 1.165) is 39.1 Å². The van der Waals surface area contributed by atoms with Crippen LogP contribution >= 0.6 is 0 Å². The number of carbonyl (C=O) groups excluding carboxylic acids is 1. The monoisotopic (exact) mass is 302 g/mol. The molecule has 4 heteroatoms. The average Bonchev–Trinajstić information content (AvgIpc) is 2.87. The van der Waals surface area contributed by atoms with E-state index >= 15 is 0 Å². The van der Waals surface area contributed by atoms with Crippen LogP contribution in [0.5, 0.6) is 0 Å². The fourth-order valence-electron chi connectivity index (χ4n) is 4.02. The first kappa shape index (κ1) is 15.5. The van der Waals surface area contributed by atoms with Gasteiger partial charge in [-0.1, -0.05) is 30.3 Å². The Labute approximate surface area is 133 Å². The molecule has 3 rings (SSSR count). The Morgan fingerprint density at radius 2 is 2.09 bits per heavy atom. The van der Waals surface area contributed by atoms with Crippen molar-refractivity contribution >= 4 is 5.97 Å². The van der Waals surface area contributed by atoms with Gasteiger partial charge in [0, 0.05) is 32.1 Å². The number of carbonyl (C=O) groups is 1. The van der Waals surface area contributed by atoms with E-state index in [0.29, 0.717) is 12.5 Å². The zero-order chi connectivity index (χ0) is 15.6. The minimum Gasteiger partial charge on any atom is -0.466 e. The molecule has 0 amide bonds. The summed E-state index contributed by atoms with van der Waals surface area (Å²) < 4.78 is 5.44. The molecule has 0 spiro atoms. The maximum Gasteiger partial charge on any atom is 0.313 e. The van der Waals surface area contributed by atoms with Crippen LogP contribution in [0.3, 0.4) is 0 Å². The van der Waals surface area contributed by atoms with Crippen LogP contribution in [-0.4, -0.2) is 55.6 Å². The van der Waals surface area contributed by atoms with Crippen molar-refractivity contribution in [2.24, 2.45) is 11.3 Å². The standard InChI is InChI=1S/C18H26N2O2/c1-3-22-17(21)18-9-10-19(2)12-16(18)13-20(14-18)11-15-7-5-4-6-8-15/h4-8,16H,3,9-14H2,1-2H3. The second-order valence-corrected chi connectivity index (χ2v) is 6.74. The maximum atomic E-state index is 12.6. The maximum absolute atomic E-state index is 12.6. The Morgan fingerprint density at radius 1 is 1.32 bits per heavy atom. The molecule has 2 atom stereocenters. The van der Waals surface area contributed by atoms with Crippen molar-refractivity contribution in [3.05, 3.63) is 35.9 Å². The number of hydrogen-bond donors (Lipinski definition) is 0. The van der Waals surface area contributed by atoms with E-state index in [1.807, 2.05) is 13.0 Å². The first-order chi connectivity index (χ1) is 10.6. The summed E-state index contributed by atoms with van der Waals surface area (Å²) in [5.41, 5.74) is 1.02. The van der Waals surface area contributed by atoms with Crippen LogP contribution < -0.4 is 0 Å². The zero-order valence-electron chi connectivity index (χ0n) is 13.6. The SMILES string of the molecule is CCOC(=O)C12CCN(C)CC1CN(Cc1ccccc1)C2. The molecule has 2 saturated heterocycles. The number of hydrogen-bond acceptors (Lipinski definition) is 4. The highest BCUT2D eigenvalue weighted by Crippen LogP contribution is 2.44. The average molecular weight is 302 g/mol. The van der Waals surface area contributed by atoms with Gasteiger partial charge in [0.25, 0.3) is 0 Å². The number of rotatable bonds is 4. The molecule has 1 aromatic carbocycles. The largest absolute Gasteiger partial charge is 0.466 e. The molecule has 1 aromatic rings. The predicted molar refractivity (Wildman–Crippen MR) is 86.4 cm³/mol. The van der Waals surface area contributed by atoms with Gasteiger partial charge in [-0.3, -0.25) is 9.69 Å². The topological polar surface area (TPSA) is 32.8 Å². The van der Waals surface area contributed by atoms with E-state index < -0.39 is 0 Å². The number of esters is 1. The van der Waals surface area contributed by atoms with E-state index in [2.05, 4.69) is 41.1 Å². The Morgan fingerprint density at radius 3 is 2.82 bits per heavy atom. The van der Waals surface area contributed by atoms with Crippen LogP contribution in [0.1, 0.15) is 18.9 Å². The molecule has 2 aliphatic heterocycles. The first-order valence-electron chi connectivity index (χ1n) is 8.26. The van der Waals surface area contributed by atoms with Crippen molar-refractivity contribution in [2.45, 2.75) is 19.9 Å². The number of nitrogens with zero attached hydrogens (tertiary/aromatic N) is 2. The van der Waals surface area contributed by atoms with E-state index in [1.54, 1.807) is 0 Å². The quantitative estimate of drug-likeness (QED) is 0.797. The van der Waals surface area contributed by atoms with E-state index in [4.69, 9.17) is 4.74 Å². The molecule has 2 fully saturated rings. The highest BCUT2D eigenvalue weighted by molar-refractivity contribution is 5.78. The molecule has 0 aliphatic carbocycles. The lowest BCUT2D eigenvalue weighted by molar-refractivity contribution is -0.160. The molecule has 0 radical (unpaired) electrons. The summed E-state index contributed by atoms with van der Waals surface area (Å²) in [7, 11) is 2.15. The Kier molecular flexibility index (Phi) is 4.50. The van der Waals surface area contributed by atoms with Crippen molar-refractivity contribution in [3.8, 4) is 0 Å². The van der Waals surface area contributed by atoms with Gasteiger partial charge in [-0.2, -0.15) is 0 Å². The van der Waals surface area contributed by atoms with Gasteiger partial charge in [0.15, 0.2) is 0 Å². The summed E-state index contributed by atoms with van der Waals surface area (Å²) in [4.78, 5) is 17.4. The van der Waals surface area contributed by atoms with E-state index in [-0.39, 0.29) is 11.4 Å². The summed E-state index contributed by atoms with van der Waals surface area (Å²) >= 11 is 0. The molecule has 2 unspecified atom stereocenters. The van der Waals surface area contributed by atoms with Crippen molar-refractivity contribution in [1.29, 1.82) is 0 Å². The van der Waals surface area contributed by atoms with Gasteiger partial charge < -0.3 is 9.64 Å². The molecular formula is C18H26N2O2. The van der Waals surface area contributed by atoms with Crippen LogP contribution in [0, 0.1) is 11.3 Å². The third-order valence-electron chi connectivity index (χ3n) is 5.17. The molecule has 0 aromatic heterocycles. The molecular weight excluding hydrogens is 276 g/mol. The molecule has 120 valence electrons. The van der Waals surface area contributed by atoms with Gasteiger partial charge in [-0.25, -0.2) is 0 Å². The van der Waals surface area contributed by atoms with E-state index in [1.165, 1.54) is 5.56 Å². The number of ether oxygens (including phenoxy) is 1. The van der Waals surface area contributed by atoms with Crippen molar-refractivity contribution in [3.63, 3.8) is 0 Å². The number of benzene rings is 1. The summed E-state index contributed by atoms with van der Waals surface area (Å²) in [6.07, 6.45) is 0.915. The minimum absolute atomic E-state index is 0.0173. The van der Waals surface area contributed by atoms with Gasteiger partial charge in [0.2, 0.25) is 0 Å². The van der Waals surface area contributed by atoms with Crippen LogP contribution in [0.25, 0.3) is 0 Å². The first-order valence-corrected chi connectivity index (χ1v) is 8.26. The summed E-state index contributed by atoms with van der Waals surface area (Å²) in [5, 5.41) is 0.